The second kappa shape index (κ2) is 9.39. The molecule has 1 fully saturated rings. The van der Waals surface area contributed by atoms with Gasteiger partial charge in [0.05, 0.1) is 18.0 Å². The maximum Gasteiger partial charge on any atom is 0.240 e. The highest BCUT2D eigenvalue weighted by Crippen LogP contribution is 2.25. The van der Waals surface area contributed by atoms with E-state index in [4.69, 9.17) is 4.74 Å². The Morgan fingerprint density at radius 3 is 2.76 bits per heavy atom. The SMILES string of the molecule is CN=C(NCc1cccc(S(=O)(=O)NC)c1)N1CCOC(c2ccccc2C)C1. The predicted molar refractivity (Wildman–Crippen MR) is 114 cm³/mol. The number of nitrogens with zero attached hydrogens (tertiary/aromatic N) is 2. The summed E-state index contributed by atoms with van der Waals surface area (Å²) in [4.78, 5) is 6.84. The number of aryl methyl sites for hydroxylation is 1. The normalized spacial score (nSPS) is 18.0. The number of guanidine groups is 1. The molecular formula is C21H28N4O3S. The quantitative estimate of drug-likeness (QED) is 0.576. The molecule has 2 N–H and O–H groups in total. The third kappa shape index (κ3) is 5.14. The smallest absolute Gasteiger partial charge is 0.240 e. The summed E-state index contributed by atoms with van der Waals surface area (Å²) in [6, 6.07) is 15.1. The van der Waals surface area contributed by atoms with Crippen molar-refractivity contribution in [3.8, 4) is 0 Å². The standard InChI is InChI=1S/C21H28N4O3S/c1-16-7-4-5-10-19(16)20-15-25(11-12-28-20)21(22-2)24-14-17-8-6-9-18(13-17)29(26,27)23-3/h4-10,13,20,23H,11-12,14-15H2,1-3H3,(H,22,24). The molecule has 0 spiro atoms. The number of hydrogen-bond acceptors (Lipinski definition) is 4. The number of nitrogens with one attached hydrogen (secondary N) is 2. The summed E-state index contributed by atoms with van der Waals surface area (Å²) in [5.74, 6) is 0.772. The summed E-state index contributed by atoms with van der Waals surface area (Å²) in [6.45, 7) is 4.65. The summed E-state index contributed by atoms with van der Waals surface area (Å²) in [5, 5.41) is 3.34. The lowest BCUT2D eigenvalue weighted by Crippen LogP contribution is -2.48. The van der Waals surface area contributed by atoms with Crippen molar-refractivity contribution in [2.24, 2.45) is 4.99 Å². The van der Waals surface area contributed by atoms with Gasteiger partial charge in [0.15, 0.2) is 5.96 Å². The van der Waals surface area contributed by atoms with Crippen molar-refractivity contribution in [3.63, 3.8) is 0 Å². The molecule has 0 radical (unpaired) electrons. The van der Waals surface area contributed by atoms with Crippen LogP contribution < -0.4 is 10.0 Å². The van der Waals surface area contributed by atoms with Crippen molar-refractivity contribution >= 4 is 16.0 Å². The summed E-state index contributed by atoms with van der Waals surface area (Å²) in [7, 11) is -0.302. The van der Waals surface area contributed by atoms with E-state index in [0.29, 0.717) is 19.7 Å². The molecule has 0 saturated carbocycles. The molecular weight excluding hydrogens is 388 g/mol. The lowest BCUT2D eigenvalue weighted by atomic mass is 10.0. The average Bonchev–Trinajstić information content (AvgIpc) is 2.75. The Labute approximate surface area is 172 Å². The molecule has 0 amide bonds. The molecule has 1 atom stereocenters. The van der Waals surface area contributed by atoms with Gasteiger partial charge in [0.25, 0.3) is 0 Å². The van der Waals surface area contributed by atoms with Crippen LogP contribution in [0, 0.1) is 6.92 Å². The minimum absolute atomic E-state index is 0.00685. The summed E-state index contributed by atoms with van der Waals surface area (Å²) in [6.07, 6.45) is -0.00685. The van der Waals surface area contributed by atoms with Gasteiger partial charge in [-0.3, -0.25) is 4.99 Å². The first-order chi connectivity index (χ1) is 13.9. The molecule has 156 valence electrons. The molecule has 7 nitrogen and oxygen atoms in total. The van der Waals surface area contributed by atoms with Gasteiger partial charge in [-0.2, -0.15) is 0 Å². The summed E-state index contributed by atoms with van der Waals surface area (Å²) < 4.78 is 32.4. The average molecular weight is 417 g/mol. The van der Waals surface area contributed by atoms with Crippen molar-refractivity contribution in [1.29, 1.82) is 0 Å². The molecule has 1 saturated heterocycles. The monoisotopic (exact) mass is 416 g/mol. The highest BCUT2D eigenvalue weighted by Gasteiger charge is 2.25. The third-order valence-corrected chi connectivity index (χ3v) is 6.45. The molecule has 1 unspecified atom stereocenters. The molecule has 2 aromatic carbocycles. The second-order valence-electron chi connectivity index (χ2n) is 6.92. The van der Waals surface area contributed by atoms with Crippen LogP contribution >= 0.6 is 0 Å². The number of morpholine rings is 1. The molecule has 0 bridgehead atoms. The van der Waals surface area contributed by atoms with Crippen molar-refractivity contribution in [2.45, 2.75) is 24.5 Å². The fourth-order valence-corrected chi connectivity index (χ4v) is 4.23. The van der Waals surface area contributed by atoms with E-state index < -0.39 is 10.0 Å². The van der Waals surface area contributed by atoms with E-state index in [9.17, 15) is 8.42 Å². The molecule has 29 heavy (non-hydrogen) atoms. The van der Waals surface area contributed by atoms with Crippen LogP contribution in [-0.2, 0) is 21.3 Å². The zero-order valence-corrected chi connectivity index (χ0v) is 17.9. The van der Waals surface area contributed by atoms with E-state index >= 15 is 0 Å². The van der Waals surface area contributed by atoms with Crippen molar-refractivity contribution < 1.29 is 13.2 Å². The number of aliphatic imine (C=N–C) groups is 1. The second-order valence-corrected chi connectivity index (χ2v) is 8.80. The van der Waals surface area contributed by atoms with E-state index in [1.807, 2.05) is 18.2 Å². The fourth-order valence-electron chi connectivity index (χ4n) is 3.43. The van der Waals surface area contributed by atoms with Crippen LogP contribution in [0.4, 0.5) is 0 Å². The Kier molecular flexibility index (Phi) is 6.89. The van der Waals surface area contributed by atoms with Gasteiger partial charge in [-0.25, -0.2) is 13.1 Å². The first-order valence-electron chi connectivity index (χ1n) is 9.60. The number of sulfonamides is 1. The van der Waals surface area contributed by atoms with Gasteiger partial charge in [-0.05, 0) is 42.8 Å². The van der Waals surface area contributed by atoms with Gasteiger partial charge in [-0.15, -0.1) is 0 Å². The Balaban J connectivity index is 1.68. The van der Waals surface area contributed by atoms with Gasteiger partial charge in [0, 0.05) is 20.1 Å². The molecule has 0 aliphatic carbocycles. The van der Waals surface area contributed by atoms with Crippen LogP contribution in [0.25, 0.3) is 0 Å². The van der Waals surface area contributed by atoms with Crippen LogP contribution in [-0.4, -0.2) is 53.1 Å². The number of hydrogen-bond donors (Lipinski definition) is 2. The maximum absolute atomic E-state index is 12.0. The largest absolute Gasteiger partial charge is 0.370 e. The summed E-state index contributed by atoms with van der Waals surface area (Å²) in [5.41, 5.74) is 3.27. The molecule has 1 aliphatic rings. The summed E-state index contributed by atoms with van der Waals surface area (Å²) >= 11 is 0. The van der Waals surface area contributed by atoms with Crippen LogP contribution in [0.2, 0.25) is 0 Å². The van der Waals surface area contributed by atoms with E-state index in [1.165, 1.54) is 18.2 Å². The van der Waals surface area contributed by atoms with Crippen molar-refractivity contribution in [3.05, 3.63) is 65.2 Å². The topological polar surface area (TPSA) is 83.0 Å². The predicted octanol–water partition coefficient (Wildman–Crippen LogP) is 2.05. The number of benzene rings is 2. The minimum Gasteiger partial charge on any atom is -0.370 e. The molecule has 0 aromatic heterocycles. The van der Waals surface area contributed by atoms with E-state index in [0.717, 1.165) is 18.1 Å². The highest BCUT2D eigenvalue weighted by molar-refractivity contribution is 7.89. The van der Waals surface area contributed by atoms with E-state index in [1.54, 1.807) is 25.2 Å². The molecule has 2 aromatic rings. The van der Waals surface area contributed by atoms with Crippen molar-refractivity contribution in [2.75, 3.05) is 33.8 Å². The van der Waals surface area contributed by atoms with Crippen LogP contribution in [0.5, 0.6) is 0 Å². The first-order valence-corrected chi connectivity index (χ1v) is 11.1. The number of ether oxygens (including phenoxy) is 1. The van der Waals surface area contributed by atoms with Crippen LogP contribution in [0.3, 0.4) is 0 Å². The minimum atomic E-state index is -3.46. The molecule has 1 heterocycles. The van der Waals surface area contributed by atoms with Crippen molar-refractivity contribution in [1.82, 2.24) is 14.9 Å². The van der Waals surface area contributed by atoms with E-state index in [-0.39, 0.29) is 11.0 Å². The third-order valence-electron chi connectivity index (χ3n) is 5.04. The van der Waals surface area contributed by atoms with Crippen LogP contribution in [0.1, 0.15) is 22.8 Å². The van der Waals surface area contributed by atoms with E-state index in [2.05, 4.69) is 39.0 Å². The fraction of sp³-hybridized carbons (Fsp3) is 0.381. The van der Waals surface area contributed by atoms with Gasteiger partial charge in [-0.1, -0.05) is 36.4 Å². The van der Waals surface area contributed by atoms with Gasteiger partial charge < -0.3 is 15.0 Å². The zero-order valence-electron chi connectivity index (χ0n) is 17.1. The Bertz CT molecular complexity index is 975. The maximum atomic E-state index is 12.0. The lowest BCUT2D eigenvalue weighted by Gasteiger charge is -2.35. The Hall–Kier alpha value is -2.42. The zero-order chi connectivity index (χ0) is 20.9. The van der Waals surface area contributed by atoms with Gasteiger partial charge in [0.1, 0.15) is 6.10 Å². The Morgan fingerprint density at radius 1 is 1.24 bits per heavy atom. The first kappa shape index (κ1) is 21.3. The molecule has 8 heteroatoms. The highest BCUT2D eigenvalue weighted by atomic mass is 32.2. The molecule has 3 rings (SSSR count). The van der Waals surface area contributed by atoms with Gasteiger partial charge in [0.2, 0.25) is 10.0 Å². The van der Waals surface area contributed by atoms with Crippen LogP contribution in [0.15, 0.2) is 58.4 Å². The lowest BCUT2D eigenvalue weighted by molar-refractivity contribution is -0.00834. The molecule has 1 aliphatic heterocycles. The Morgan fingerprint density at radius 2 is 2.03 bits per heavy atom. The number of rotatable bonds is 5. The van der Waals surface area contributed by atoms with Gasteiger partial charge >= 0.3 is 0 Å².